The van der Waals surface area contributed by atoms with Gasteiger partial charge in [-0.1, -0.05) is 71.6 Å². The number of benzene rings is 4. The van der Waals surface area contributed by atoms with Gasteiger partial charge in [-0.15, -0.1) is 16.7 Å². The summed E-state index contributed by atoms with van der Waals surface area (Å²) in [6, 6.07) is 30.2. The van der Waals surface area contributed by atoms with Crippen molar-refractivity contribution in [2.75, 3.05) is 0 Å². The number of rotatable bonds is 2. The fourth-order valence-corrected chi connectivity index (χ4v) is 7.36. The smallest absolute Gasteiger partial charge is 0.172 e. The molecule has 0 fully saturated rings. The van der Waals surface area contributed by atoms with Gasteiger partial charge in [-0.2, -0.15) is 35.9 Å². The van der Waals surface area contributed by atoms with Crippen LogP contribution in [0.15, 0.2) is 97.1 Å². The van der Waals surface area contributed by atoms with Crippen LogP contribution < -0.4 is 24.8 Å². The molecule has 0 aromatic heterocycles. The summed E-state index contributed by atoms with van der Waals surface area (Å²) in [6.07, 6.45) is -7.78. The molecule has 0 unspecified atom stereocenters. The van der Waals surface area contributed by atoms with Gasteiger partial charge in [0.05, 0.1) is 0 Å². The van der Waals surface area contributed by atoms with E-state index in [1.54, 1.807) is 0 Å². The molecule has 1 aliphatic carbocycles. The fourth-order valence-electron chi connectivity index (χ4n) is 6.16. The van der Waals surface area contributed by atoms with Gasteiger partial charge in [-0.3, -0.25) is 0 Å². The second-order valence-electron chi connectivity index (χ2n) is 14.7. The summed E-state index contributed by atoms with van der Waals surface area (Å²) in [5.41, 5.74) is 11.3. The van der Waals surface area contributed by atoms with Gasteiger partial charge < -0.3 is 24.8 Å². The summed E-state index contributed by atoms with van der Waals surface area (Å²) in [7, 11) is 0. The van der Waals surface area contributed by atoms with Crippen molar-refractivity contribution in [1.29, 1.82) is 0 Å². The molecule has 0 spiro atoms. The normalized spacial score (nSPS) is 12.2. The third-order valence-corrected chi connectivity index (χ3v) is 10.7. The molecule has 0 bridgehead atoms. The van der Waals surface area contributed by atoms with Crippen LogP contribution in [0.3, 0.4) is 0 Å². The van der Waals surface area contributed by atoms with E-state index in [0.29, 0.717) is 35.0 Å². The first-order chi connectivity index (χ1) is 23.1. The molecule has 0 nitrogen and oxygen atoms in total. The maximum atomic E-state index is 12.5. The first-order valence-corrected chi connectivity index (χ1v) is 18.2. The first-order valence-electron chi connectivity index (χ1n) is 16.4. The van der Waals surface area contributed by atoms with Crippen molar-refractivity contribution in [3.8, 4) is 11.1 Å². The van der Waals surface area contributed by atoms with Crippen LogP contribution in [0.25, 0.3) is 11.1 Å². The molecule has 0 aliphatic heterocycles. The minimum atomic E-state index is -4.40. The molecule has 5 aromatic rings. The molecule has 276 valence electrons. The van der Waals surface area contributed by atoms with Crippen LogP contribution in [0.1, 0.15) is 97.2 Å². The number of hydrogen-bond donors (Lipinski definition) is 0. The SMILES string of the molecule is Cc1[c-]c2c(cc1C(C)(C)C)-c1cc(C(C)(C)C)c(C)cc1C2.FC(F)(F)c1ccc([C](=[Hf+2])c2ccc(C(F)(F)F)cc2)cc1.[Cl-].[Cl-].c1cc[cH-]c1. The topological polar surface area (TPSA) is 0 Å². The van der Waals surface area contributed by atoms with E-state index in [4.69, 9.17) is 0 Å². The molecule has 6 rings (SSSR count). The Morgan fingerprint density at radius 2 is 1.06 bits per heavy atom. The largest absolute Gasteiger partial charge is 1.00 e. The van der Waals surface area contributed by atoms with E-state index in [2.05, 4.69) is 79.7 Å². The first kappa shape index (κ1) is 45.3. The van der Waals surface area contributed by atoms with Gasteiger partial charge in [0, 0.05) is 0 Å². The van der Waals surface area contributed by atoms with Gasteiger partial charge in [-0.05, 0) is 35.4 Å². The molecular weight excluding hydrogens is 880 g/mol. The van der Waals surface area contributed by atoms with E-state index in [1.165, 1.54) is 68.8 Å². The van der Waals surface area contributed by atoms with E-state index in [0.717, 1.165) is 33.9 Å². The van der Waals surface area contributed by atoms with Crippen LogP contribution in [0, 0.1) is 19.9 Å². The second-order valence-corrected chi connectivity index (χ2v) is 16.5. The predicted molar refractivity (Wildman–Crippen MR) is 189 cm³/mol. The summed E-state index contributed by atoms with van der Waals surface area (Å²) in [5.74, 6) is 0. The van der Waals surface area contributed by atoms with E-state index in [9.17, 15) is 26.3 Å². The molecule has 0 saturated heterocycles. The van der Waals surface area contributed by atoms with Crippen LogP contribution in [-0.4, -0.2) is 3.26 Å². The third kappa shape index (κ3) is 11.3. The Bertz CT molecular complexity index is 1780. The van der Waals surface area contributed by atoms with E-state index < -0.39 is 23.5 Å². The van der Waals surface area contributed by atoms with Crippen LogP contribution in [-0.2, 0) is 53.5 Å². The zero-order valence-corrected chi connectivity index (χ0v) is 35.6. The average Bonchev–Trinajstić information content (AvgIpc) is 3.70. The van der Waals surface area contributed by atoms with Crippen LogP contribution in [0.4, 0.5) is 26.3 Å². The van der Waals surface area contributed by atoms with Crippen molar-refractivity contribution in [2.24, 2.45) is 0 Å². The Morgan fingerprint density at radius 3 is 1.42 bits per heavy atom. The summed E-state index contributed by atoms with van der Waals surface area (Å²) in [4.78, 5) is 0. The molecule has 0 radical (unpaired) electrons. The maximum Gasteiger partial charge on any atom is -0.172 e. The Kier molecular flexibility index (Phi) is 15.3. The third-order valence-electron chi connectivity index (χ3n) is 8.64. The molecule has 0 atom stereocenters. The van der Waals surface area contributed by atoms with E-state index in [1.807, 2.05) is 30.3 Å². The molecule has 1 aliphatic rings. The Balaban J connectivity index is 0.000000307. The standard InChI is InChI=1S/C23H29.C15H8F6.C5H5.2ClH.Hf/c1-14-9-16-11-17-10-15(2)21(23(6,7)8)13-19(17)18(16)12-20(14)22(3,4)5;16-14(17,18)12-5-1-10(2-6-12)9-11-3-7-13(8-4-11)15(19,20)21;1-2-4-5-3-1;;;/h9,12-13H,11H2,1-8H3;1-8H;1-5H;2*1H;/q-1;;-1;;;+2/p-2. The number of halogens is 8. The van der Waals surface area contributed by atoms with Gasteiger partial charge in [0.2, 0.25) is 0 Å². The molecule has 9 heteroatoms. The number of alkyl halides is 6. The second kappa shape index (κ2) is 17.5. The van der Waals surface area contributed by atoms with E-state index >= 15 is 0 Å². The zero-order chi connectivity index (χ0) is 37.2. The number of fused-ring (bicyclic) bond motifs is 3. The summed E-state index contributed by atoms with van der Waals surface area (Å²) in [6.45, 7) is 18.2. The van der Waals surface area contributed by atoms with Crippen molar-refractivity contribution >= 4 is 3.26 Å². The van der Waals surface area contributed by atoms with Gasteiger partial charge >= 0.3 is 137 Å². The van der Waals surface area contributed by atoms with E-state index in [-0.39, 0.29) is 35.6 Å². The molecule has 5 aromatic carbocycles. The molecular formula is C43H42Cl2F6Hf-2. The fraction of sp³-hybridized carbons (Fsp3) is 0.302. The van der Waals surface area contributed by atoms with Crippen LogP contribution in [0.2, 0.25) is 0 Å². The molecule has 52 heavy (non-hydrogen) atoms. The quantitative estimate of drug-likeness (QED) is 0.106. The summed E-state index contributed by atoms with van der Waals surface area (Å²) < 4.78 is 75.7. The monoisotopic (exact) mass is 922 g/mol. The maximum absolute atomic E-state index is 12.5. The summed E-state index contributed by atoms with van der Waals surface area (Å²) in [5, 5.41) is 0. The zero-order valence-electron chi connectivity index (χ0n) is 30.5. The molecule has 0 saturated carbocycles. The Labute approximate surface area is 331 Å². The van der Waals surface area contributed by atoms with Crippen molar-refractivity contribution in [2.45, 2.75) is 85.0 Å². The summed E-state index contributed by atoms with van der Waals surface area (Å²) >= 11 is 0.493. The van der Waals surface area contributed by atoms with Crippen molar-refractivity contribution in [1.82, 2.24) is 0 Å². The van der Waals surface area contributed by atoms with Crippen LogP contribution >= 0.6 is 0 Å². The number of aryl methyl sites for hydroxylation is 2. The van der Waals surface area contributed by atoms with Crippen molar-refractivity contribution < 1.29 is 75.0 Å². The van der Waals surface area contributed by atoms with Gasteiger partial charge in [0.1, 0.15) is 0 Å². The van der Waals surface area contributed by atoms with Crippen LogP contribution in [0.5, 0.6) is 0 Å². The minimum Gasteiger partial charge on any atom is -1.00 e. The van der Waals surface area contributed by atoms with Crippen molar-refractivity contribution in [3.63, 3.8) is 0 Å². The van der Waals surface area contributed by atoms with Gasteiger partial charge in [0.15, 0.2) is 0 Å². The minimum absolute atomic E-state index is 0. The molecule has 0 amide bonds. The Hall–Kier alpha value is -2.87. The molecule has 0 heterocycles. The predicted octanol–water partition coefficient (Wildman–Crippen LogP) is 6.52. The van der Waals surface area contributed by atoms with Crippen molar-refractivity contribution in [3.05, 3.63) is 159 Å². The number of hydrogen-bond acceptors (Lipinski definition) is 0. The Morgan fingerprint density at radius 1 is 0.635 bits per heavy atom. The average molecular weight is 922 g/mol. The molecule has 0 N–H and O–H groups in total. The van der Waals surface area contributed by atoms with Gasteiger partial charge in [-0.25, -0.2) is 12.1 Å². The van der Waals surface area contributed by atoms with Gasteiger partial charge in [0.25, 0.3) is 0 Å².